The number of aromatic nitrogens is 2. The maximum atomic E-state index is 12.7. The van der Waals surface area contributed by atoms with E-state index in [9.17, 15) is 14.4 Å². The van der Waals surface area contributed by atoms with Gasteiger partial charge in [-0.1, -0.05) is 18.2 Å². The van der Waals surface area contributed by atoms with E-state index in [1.165, 1.54) is 17.7 Å². The number of H-pyrrole nitrogens is 1. The van der Waals surface area contributed by atoms with Crippen molar-refractivity contribution in [3.05, 3.63) is 57.2 Å². The zero-order chi connectivity index (χ0) is 19.4. The predicted octanol–water partition coefficient (Wildman–Crippen LogP) is 2.10. The summed E-state index contributed by atoms with van der Waals surface area (Å²) >= 11 is 0. The number of anilines is 2. The largest absolute Gasteiger partial charge is 0.453 e. The number of piperidine rings is 1. The number of nitrogens with zero attached hydrogens (tertiary/aromatic N) is 3. The van der Waals surface area contributed by atoms with Gasteiger partial charge >= 0.3 is 11.8 Å². The number of carbonyl (C=O) groups is 1. The monoisotopic (exact) mass is 372 g/mol. The molecule has 1 N–H and O–H groups in total. The number of likely N-dealkylation sites (tertiary alicyclic amines) is 1. The van der Waals surface area contributed by atoms with Gasteiger partial charge in [-0.3, -0.25) is 14.3 Å². The van der Waals surface area contributed by atoms with Gasteiger partial charge in [0.1, 0.15) is 5.82 Å². The number of amides is 1. The minimum Gasteiger partial charge on any atom is -0.453 e. The number of para-hydroxylation sites is 1. The summed E-state index contributed by atoms with van der Waals surface area (Å²) in [5.74, 6) is 0.474. The van der Waals surface area contributed by atoms with Gasteiger partial charge in [-0.15, -0.1) is 0 Å². The van der Waals surface area contributed by atoms with Gasteiger partial charge in [0.2, 0.25) is 0 Å². The van der Waals surface area contributed by atoms with E-state index in [0.29, 0.717) is 38.3 Å². The number of hydrogen-bond acceptors (Lipinski definition) is 5. The Balaban J connectivity index is 1.85. The molecule has 0 aliphatic carbocycles. The van der Waals surface area contributed by atoms with Crippen molar-refractivity contribution in [2.45, 2.75) is 25.8 Å². The molecule has 8 heteroatoms. The van der Waals surface area contributed by atoms with Crippen molar-refractivity contribution in [1.82, 2.24) is 14.5 Å². The summed E-state index contributed by atoms with van der Waals surface area (Å²) in [6, 6.07) is 10.8. The molecule has 3 rings (SSSR count). The van der Waals surface area contributed by atoms with Crippen LogP contribution in [0, 0.1) is 0 Å². The summed E-state index contributed by atoms with van der Waals surface area (Å²) in [4.78, 5) is 43.2. The maximum absolute atomic E-state index is 12.7. The van der Waals surface area contributed by atoms with E-state index in [1.54, 1.807) is 4.90 Å². The second kappa shape index (κ2) is 8.11. The Morgan fingerprint density at radius 3 is 2.44 bits per heavy atom. The summed E-state index contributed by atoms with van der Waals surface area (Å²) in [6.07, 6.45) is 0.688. The van der Waals surface area contributed by atoms with Crippen LogP contribution in [0.5, 0.6) is 0 Å². The summed E-state index contributed by atoms with van der Waals surface area (Å²) in [5, 5.41) is 0. The van der Waals surface area contributed by atoms with E-state index >= 15 is 0 Å². The third-order valence-electron chi connectivity index (χ3n) is 4.89. The van der Waals surface area contributed by atoms with Crippen molar-refractivity contribution in [1.29, 1.82) is 0 Å². The van der Waals surface area contributed by atoms with Crippen LogP contribution in [0.25, 0.3) is 0 Å². The van der Waals surface area contributed by atoms with Gasteiger partial charge in [-0.25, -0.2) is 9.59 Å². The van der Waals surface area contributed by atoms with E-state index in [0.717, 1.165) is 5.69 Å². The Bertz CT molecular complexity index is 867. The molecule has 2 aromatic rings. The Labute approximate surface area is 157 Å². The molecular weight excluding hydrogens is 348 g/mol. The molecule has 1 aliphatic heterocycles. The number of nitrogens with one attached hydrogen (secondary N) is 1. The Hall–Kier alpha value is -3.03. The molecule has 1 fully saturated rings. The van der Waals surface area contributed by atoms with Crippen LogP contribution in [0.1, 0.15) is 25.8 Å². The molecule has 1 aliphatic rings. The minimum atomic E-state index is -0.427. The molecule has 1 aromatic carbocycles. The van der Waals surface area contributed by atoms with Gasteiger partial charge in [0, 0.05) is 37.4 Å². The lowest BCUT2D eigenvalue weighted by Gasteiger charge is -2.31. The van der Waals surface area contributed by atoms with Crippen LogP contribution in [0.3, 0.4) is 0 Å². The number of carbonyl (C=O) groups excluding carboxylic acids is 1. The van der Waals surface area contributed by atoms with Gasteiger partial charge in [0.15, 0.2) is 0 Å². The first-order chi connectivity index (χ1) is 13.0. The van der Waals surface area contributed by atoms with Crippen LogP contribution in [-0.2, 0) is 4.74 Å². The van der Waals surface area contributed by atoms with Crippen LogP contribution < -0.4 is 16.1 Å². The van der Waals surface area contributed by atoms with E-state index in [1.807, 2.05) is 42.2 Å². The standard InChI is InChI=1S/C19H24N4O4/c1-3-22(14-7-5-4-6-8-14)16-13-17(24)23(18(25)20-16)15-9-11-21(12-10-15)19(26)27-2/h4-8,13,15H,3,9-12H2,1-2H3,(H,20,25). The summed E-state index contributed by atoms with van der Waals surface area (Å²) < 4.78 is 5.98. The predicted molar refractivity (Wildman–Crippen MR) is 103 cm³/mol. The SMILES string of the molecule is CCN(c1ccccc1)c1cc(=O)n(C2CCN(C(=O)OC)CC2)c(=O)[nH]1. The Kier molecular flexibility index (Phi) is 5.63. The van der Waals surface area contributed by atoms with Gasteiger partial charge < -0.3 is 14.5 Å². The van der Waals surface area contributed by atoms with E-state index in [2.05, 4.69) is 4.98 Å². The fourth-order valence-electron chi connectivity index (χ4n) is 3.52. The molecule has 0 unspecified atom stereocenters. The lowest BCUT2D eigenvalue weighted by atomic mass is 10.1. The number of aromatic amines is 1. The van der Waals surface area contributed by atoms with Crippen molar-refractivity contribution in [2.24, 2.45) is 0 Å². The molecule has 0 saturated carbocycles. The number of rotatable bonds is 4. The average molecular weight is 372 g/mol. The lowest BCUT2D eigenvalue weighted by molar-refractivity contribution is 0.106. The molecule has 1 saturated heterocycles. The maximum Gasteiger partial charge on any atom is 0.409 e. The van der Waals surface area contributed by atoms with Crippen LogP contribution in [-0.4, -0.2) is 47.3 Å². The molecule has 0 radical (unpaired) electrons. The smallest absolute Gasteiger partial charge is 0.409 e. The molecule has 1 amide bonds. The zero-order valence-electron chi connectivity index (χ0n) is 15.6. The van der Waals surface area contributed by atoms with Crippen molar-refractivity contribution < 1.29 is 9.53 Å². The minimum absolute atomic E-state index is 0.233. The molecule has 144 valence electrons. The summed E-state index contributed by atoms with van der Waals surface area (Å²) in [5.41, 5.74) is 0.141. The molecule has 0 spiro atoms. The topological polar surface area (TPSA) is 87.6 Å². The summed E-state index contributed by atoms with van der Waals surface area (Å²) in [6.45, 7) is 3.48. The van der Waals surface area contributed by atoms with Crippen LogP contribution in [0.15, 0.2) is 46.0 Å². The highest BCUT2D eigenvalue weighted by atomic mass is 16.5. The van der Waals surface area contributed by atoms with Crippen molar-refractivity contribution >= 4 is 17.6 Å². The van der Waals surface area contributed by atoms with Crippen LogP contribution in [0.4, 0.5) is 16.3 Å². The van der Waals surface area contributed by atoms with Gasteiger partial charge in [0.25, 0.3) is 5.56 Å². The van der Waals surface area contributed by atoms with Gasteiger partial charge in [0.05, 0.1) is 7.11 Å². The van der Waals surface area contributed by atoms with Crippen molar-refractivity contribution in [3.63, 3.8) is 0 Å². The first-order valence-electron chi connectivity index (χ1n) is 9.06. The third kappa shape index (κ3) is 3.89. The summed E-state index contributed by atoms with van der Waals surface area (Å²) in [7, 11) is 1.34. The highest BCUT2D eigenvalue weighted by molar-refractivity contribution is 5.67. The fourth-order valence-corrected chi connectivity index (χ4v) is 3.52. The van der Waals surface area contributed by atoms with Gasteiger partial charge in [-0.05, 0) is 31.9 Å². The van der Waals surface area contributed by atoms with Crippen molar-refractivity contribution in [2.75, 3.05) is 31.6 Å². The normalized spacial score (nSPS) is 14.8. The quantitative estimate of drug-likeness (QED) is 0.888. The number of benzene rings is 1. The second-order valence-electron chi connectivity index (χ2n) is 6.44. The lowest BCUT2D eigenvalue weighted by Crippen LogP contribution is -2.45. The number of ether oxygens (including phenoxy) is 1. The number of methoxy groups -OCH3 is 1. The molecule has 2 heterocycles. The molecule has 1 aromatic heterocycles. The highest BCUT2D eigenvalue weighted by Crippen LogP contribution is 2.23. The third-order valence-corrected chi connectivity index (χ3v) is 4.89. The highest BCUT2D eigenvalue weighted by Gasteiger charge is 2.26. The second-order valence-corrected chi connectivity index (χ2v) is 6.44. The molecule has 8 nitrogen and oxygen atoms in total. The average Bonchev–Trinajstić information content (AvgIpc) is 2.69. The first-order valence-corrected chi connectivity index (χ1v) is 9.06. The molecule has 0 bridgehead atoms. The van der Waals surface area contributed by atoms with Crippen LogP contribution >= 0.6 is 0 Å². The molecular formula is C19H24N4O4. The zero-order valence-corrected chi connectivity index (χ0v) is 15.6. The van der Waals surface area contributed by atoms with E-state index in [4.69, 9.17) is 4.74 Å². The first kappa shape index (κ1) is 18.8. The van der Waals surface area contributed by atoms with Crippen molar-refractivity contribution in [3.8, 4) is 0 Å². The van der Waals surface area contributed by atoms with E-state index < -0.39 is 5.69 Å². The number of hydrogen-bond donors (Lipinski definition) is 1. The fraction of sp³-hybridized carbons (Fsp3) is 0.421. The van der Waals surface area contributed by atoms with E-state index in [-0.39, 0.29) is 17.7 Å². The molecule has 27 heavy (non-hydrogen) atoms. The molecule has 0 atom stereocenters. The van der Waals surface area contributed by atoms with Crippen LogP contribution in [0.2, 0.25) is 0 Å². The van der Waals surface area contributed by atoms with Gasteiger partial charge in [-0.2, -0.15) is 0 Å². The Morgan fingerprint density at radius 2 is 1.89 bits per heavy atom. The Morgan fingerprint density at radius 1 is 1.22 bits per heavy atom.